The van der Waals surface area contributed by atoms with Gasteiger partial charge in [-0.1, -0.05) is 62.3 Å². The van der Waals surface area contributed by atoms with Crippen LogP contribution in [0.1, 0.15) is 198 Å². The fraction of sp³-hybridized carbons (Fsp3) is 0.521. The van der Waals surface area contributed by atoms with E-state index in [9.17, 15) is 19.2 Å². The first-order valence-electron chi connectivity index (χ1n) is 31.5. The van der Waals surface area contributed by atoms with E-state index in [0.717, 1.165) is 149 Å². The summed E-state index contributed by atoms with van der Waals surface area (Å²) in [5.41, 5.74) is 20.3. The van der Waals surface area contributed by atoms with Gasteiger partial charge in [-0.05, 0) is 203 Å². The summed E-state index contributed by atoms with van der Waals surface area (Å²) in [5.74, 6) is 0.791. The number of aliphatic hydroxyl groups excluding tert-OH is 1. The molecule has 0 fully saturated rings. The van der Waals surface area contributed by atoms with Crippen molar-refractivity contribution in [3.05, 3.63) is 99.0 Å². The van der Waals surface area contributed by atoms with Crippen LogP contribution in [0, 0.1) is 16.2 Å². The highest BCUT2D eigenvalue weighted by molar-refractivity contribution is 6.13. The molecule has 3 aliphatic heterocycles. The van der Waals surface area contributed by atoms with E-state index < -0.39 is 16.2 Å². The molecule has 0 atom stereocenters. The monoisotopic (exact) mass is 1160 g/mol. The number of aromatic amines is 4. The number of aryl methyl sites for hydroxylation is 6. The largest absolute Gasteiger partial charge is 0.397 e. The van der Waals surface area contributed by atoms with E-state index in [1.165, 1.54) is 44.2 Å². The average molecular weight is 1170 g/mol. The minimum absolute atomic E-state index is 0.0212. The Morgan fingerprint density at radius 3 is 1.35 bits per heavy atom. The van der Waals surface area contributed by atoms with Crippen LogP contribution < -0.4 is 14.7 Å². The molecule has 3 aromatic carbocycles. The van der Waals surface area contributed by atoms with Gasteiger partial charge in [-0.15, -0.1) is 0 Å². The highest BCUT2D eigenvalue weighted by Crippen LogP contribution is 2.50. The Morgan fingerprint density at radius 1 is 0.488 bits per heavy atom. The Bertz CT molecular complexity index is 4030. The van der Waals surface area contributed by atoms with Crippen molar-refractivity contribution in [2.75, 3.05) is 40.9 Å². The SMILES string of the molecule is CC(C)(C)CN1C(=O)C(C)(C)c2cc3[nH]c4c(c3cc21)CCCCC4=O.CC(C)(C)CN1C(=O)C(C)(C)c2cc3[nH]c4c(c3cc21)CCCc1cn[nH]c1-4.CCO.Cn1c2c(c3cc4c(cc31)C(C)(C)C(=O)N4CC(C)(C)C)CCCc1cn[nH]c1-2. The van der Waals surface area contributed by atoms with Crippen LogP contribution in [0.4, 0.5) is 17.1 Å². The van der Waals surface area contributed by atoms with Gasteiger partial charge in [0.05, 0.1) is 57.1 Å². The zero-order valence-corrected chi connectivity index (χ0v) is 54.3. The van der Waals surface area contributed by atoms with E-state index in [0.29, 0.717) is 13.0 Å². The summed E-state index contributed by atoms with van der Waals surface area (Å²) in [6.07, 6.45) is 13.9. The Kier molecular flexibility index (Phi) is 14.9. The maximum absolute atomic E-state index is 13.3. The Morgan fingerprint density at radius 2 is 0.872 bits per heavy atom. The summed E-state index contributed by atoms with van der Waals surface area (Å²) in [6.45, 7) is 35.9. The second-order valence-corrected chi connectivity index (χ2v) is 30.5. The molecule has 6 aliphatic rings. The van der Waals surface area contributed by atoms with Crippen LogP contribution in [0.3, 0.4) is 0 Å². The molecule has 0 unspecified atom stereocenters. The van der Waals surface area contributed by atoms with E-state index in [4.69, 9.17) is 5.11 Å². The molecule has 15 heteroatoms. The number of benzene rings is 3. The van der Waals surface area contributed by atoms with E-state index in [1.54, 1.807) is 6.92 Å². The molecule has 0 saturated carbocycles. The number of aromatic nitrogens is 7. The van der Waals surface area contributed by atoms with Crippen molar-refractivity contribution in [1.29, 1.82) is 0 Å². The van der Waals surface area contributed by atoms with Gasteiger partial charge in [-0.3, -0.25) is 29.4 Å². The maximum Gasteiger partial charge on any atom is 0.237 e. The Labute approximate surface area is 507 Å². The van der Waals surface area contributed by atoms with Gasteiger partial charge in [0.1, 0.15) is 0 Å². The van der Waals surface area contributed by atoms with Crippen molar-refractivity contribution in [1.82, 2.24) is 34.9 Å². The number of hydrogen-bond acceptors (Lipinski definition) is 7. The summed E-state index contributed by atoms with van der Waals surface area (Å²) >= 11 is 0. The van der Waals surface area contributed by atoms with Gasteiger partial charge >= 0.3 is 0 Å². The molecular formula is C71H92N10O5. The first-order chi connectivity index (χ1) is 40.3. The molecule has 0 radical (unpaired) electrons. The van der Waals surface area contributed by atoms with Crippen LogP contribution in [-0.2, 0) is 69.8 Å². The summed E-state index contributed by atoms with van der Waals surface area (Å²) in [5, 5.41) is 26.2. The van der Waals surface area contributed by atoms with Crippen LogP contribution in [0.25, 0.3) is 55.5 Å². The Balaban J connectivity index is 0.000000131. The standard InChI is InChI=1S/C24H30N4O.C23H28N4O.C22H28N2O2.C2H6O/c1-23(2,3)13-28-19-10-16-15-9-7-8-14-12-25-26-20(14)21(15)27(6)18(16)11-17(19)24(4,5)22(28)29;1-22(2,3)12-27-18-9-15-14-8-6-7-13-11-24-26-19(13)20(14)25-17(15)10-16(18)23(4,5)21(27)28;1-21(2,3)12-24-17-10-14-13-8-6-7-9-18(25)19(13)23-16(14)11-15(17)22(4,5)20(24)26;1-2-3/h10-12H,7-9,13H2,1-6H3,(H,25,26);9-11,25H,6-8,12H2,1-5H3,(H,24,26);10-11,23H,6-9,12H2,1-5H3;3H,2H2,1H3. The number of rotatable bonds is 3. The lowest BCUT2D eigenvalue weighted by molar-refractivity contribution is -0.123. The molecule has 0 saturated heterocycles. The summed E-state index contributed by atoms with van der Waals surface area (Å²) in [4.78, 5) is 65.1. The van der Waals surface area contributed by atoms with Gasteiger partial charge in [-0.2, -0.15) is 10.2 Å². The van der Waals surface area contributed by atoms with Crippen LogP contribution in [0.2, 0.25) is 0 Å². The predicted molar refractivity (Wildman–Crippen MR) is 348 cm³/mol. The smallest absolute Gasteiger partial charge is 0.237 e. The lowest BCUT2D eigenvalue weighted by Crippen LogP contribution is -2.40. The molecule has 14 rings (SSSR count). The summed E-state index contributed by atoms with van der Waals surface area (Å²) in [7, 11) is 2.14. The summed E-state index contributed by atoms with van der Waals surface area (Å²) in [6, 6.07) is 13.2. The van der Waals surface area contributed by atoms with Gasteiger partial charge in [-0.25, -0.2) is 0 Å². The lowest BCUT2D eigenvalue weighted by Gasteiger charge is -2.28. The third-order valence-electron chi connectivity index (χ3n) is 18.6. The number of Topliss-reactive ketones (excluding diaryl/α,β-unsaturated/α-hetero) is 1. The minimum atomic E-state index is -0.540. The van der Waals surface area contributed by atoms with Crippen LogP contribution >= 0.6 is 0 Å². The molecule has 15 nitrogen and oxygen atoms in total. The molecule has 0 spiro atoms. The number of nitrogens with zero attached hydrogens (tertiary/aromatic N) is 6. The lowest BCUT2D eigenvalue weighted by atomic mass is 9.85. The number of H-pyrrole nitrogens is 4. The fourth-order valence-electron chi connectivity index (χ4n) is 14.5. The van der Waals surface area contributed by atoms with Crippen LogP contribution in [0.5, 0.6) is 0 Å². The van der Waals surface area contributed by atoms with Crippen LogP contribution in [0.15, 0.2) is 48.8 Å². The van der Waals surface area contributed by atoms with Crippen molar-refractivity contribution < 1.29 is 24.3 Å². The predicted octanol–water partition coefficient (Wildman–Crippen LogP) is 14.2. The number of hydrogen-bond donors (Lipinski definition) is 5. The number of fused-ring (bicyclic) bond motifs is 16. The third-order valence-corrected chi connectivity index (χ3v) is 18.6. The van der Waals surface area contributed by atoms with E-state index in [-0.39, 0.29) is 46.4 Å². The number of carbonyl (C=O) groups excluding carboxylic acids is 4. The molecule has 3 aliphatic carbocycles. The average Bonchev–Trinajstić information content (AvgIpc) is 1.63. The molecular weight excluding hydrogens is 1070 g/mol. The number of amides is 3. The van der Waals surface area contributed by atoms with Gasteiger partial charge in [0, 0.05) is 89.5 Å². The molecule has 8 aromatic rings. The number of ketones is 1. The zero-order valence-electron chi connectivity index (χ0n) is 54.3. The molecule has 0 bridgehead atoms. The topological polar surface area (TPSA) is 192 Å². The number of nitrogens with one attached hydrogen (secondary N) is 4. The van der Waals surface area contributed by atoms with Crippen molar-refractivity contribution >= 4 is 73.3 Å². The molecule has 3 amide bonds. The summed E-state index contributed by atoms with van der Waals surface area (Å²) < 4.78 is 2.29. The van der Waals surface area contributed by atoms with Gasteiger partial charge in [0.15, 0.2) is 5.78 Å². The quantitative estimate of drug-likeness (QED) is 0.109. The van der Waals surface area contributed by atoms with E-state index in [2.05, 4.69) is 155 Å². The highest BCUT2D eigenvalue weighted by Gasteiger charge is 2.48. The van der Waals surface area contributed by atoms with Gasteiger partial charge < -0.3 is 34.3 Å². The first kappa shape index (κ1) is 60.4. The normalized spacial score (nSPS) is 18.1. The van der Waals surface area contributed by atoms with Crippen molar-refractivity contribution in [2.24, 2.45) is 23.3 Å². The van der Waals surface area contributed by atoms with Crippen molar-refractivity contribution in [2.45, 2.75) is 191 Å². The number of aliphatic hydroxyl groups is 1. The third kappa shape index (κ3) is 10.3. The van der Waals surface area contributed by atoms with E-state index >= 15 is 0 Å². The van der Waals surface area contributed by atoms with Gasteiger partial charge in [0.25, 0.3) is 0 Å². The zero-order chi connectivity index (χ0) is 62.1. The molecule has 5 N–H and O–H groups in total. The molecule has 8 heterocycles. The van der Waals surface area contributed by atoms with Gasteiger partial charge in [0.2, 0.25) is 17.7 Å². The fourth-order valence-corrected chi connectivity index (χ4v) is 14.5. The molecule has 456 valence electrons. The van der Waals surface area contributed by atoms with Crippen molar-refractivity contribution in [3.8, 4) is 22.8 Å². The van der Waals surface area contributed by atoms with E-state index in [1.807, 2.05) is 54.8 Å². The second-order valence-electron chi connectivity index (χ2n) is 30.5. The van der Waals surface area contributed by atoms with Crippen molar-refractivity contribution in [3.63, 3.8) is 0 Å². The molecule has 5 aromatic heterocycles. The maximum atomic E-state index is 13.3. The van der Waals surface area contributed by atoms with Crippen LogP contribution in [-0.4, -0.2) is 89.8 Å². The first-order valence-corrected chi connectivity index (χ1v) is 31.5. The Hall–Kier alpha value is -7.26. The second kappa shape index (κ2) is 21.3. The number of anilines is 3. The highest BCUT2D eigenvalue weighted by atomic mass is 16.2. The molecule has 86 heavy (non-hydrogen) atoms. The minimum Gasteiger partial charge on any atom is -0.397 e. The number of carbonyl (C=O) groups is 4.